The van der Waals surface area contributed by atoms with Crippen molar-refractivity contribution in [3.8, 4) is 11.9 Å². The third-order valence-electron chi connectivity index (χ3n) is 2.09. The summed E-state index contributed by atoms with van der Waals surface area (Å²) in [5, 5.41) is 22.8. The quantitative estimate of drug-likeness (QED) is 0.463. The van der Waals surface area contributed by atoms with Crippen LogP contribution >= 0.6 is 0 Å². The Morgan fingerprint density at radius 1 is 1.67 bits per heavy atom. The summed E-state index contributed by atoms with van der Waals surface area (Å²) in [6.07, 6.45) is 1.32. The Morgan fingerprint density at radius 2 is 2.39 bits per heavy atom. The molecule has 0 unspecified atom stereocenters. The Bertz CT molecular complexity index is 468. The second-order valence-electron chi connectivity index (χ2n) is 3.84. The van der Waals surface area contributed by atoms with Crippen LogP contribution in [0, 0.1) is 21.4 Å². The van der Waals surface area contributed by atoms with Crippen molar-refractivity contribution in [2.45, 2.75) is 19.9 Å². The van der Waals surface area contributed by atoms with E-state index in [1.165, 1.54) is 12.3 Å². The van der Waals surface area contributed by atoms with Crippen molar-refractivity contribution in [3.05, 3.63) is 27.9 Å². The highest BCUT2D eigenvalue weighted by atomic mass is 16.6. The predicted octanol–water partition coefficient (Wildman–Crippen LogP) is 1.24. The molecule has 0 fully saturated rings. The Kier molecular flexibility index (Phi) is 5.02. The minimum absolute atomic E-state index is 0.0539. The number of aromatic nitrogens is 1. The number of ether oxygens (including phenoxy) is 1. The molecule has 0 saturated heterocycles. The molecule has 0 aliphatic rings. The smallest absolute Gasteiger partial charge is 0.348 e. The first-order valence-corrected chi connectivity index (χ1v) is 5.46. The van der Waals surface area contributed by atoms with E-state index in [4.69, 9.17) is 10.00 Å². The molecule has 1 heterocycles. The van der Waals surface area contributed by atoms with Crippen molar-refractivity contribution in [1.82, 2.24) is 10.3 Å². The van der Waals surface area contributed by atoms with Gasteiger partial charge in [0.1, 0.15) is 18.2 Å². The van der Waals surface area contributed by atoms with E-state index in [0.29, 0.717) is 12.6 Å². The predicted molar refractivity (Wildman–Crippen MR) is 64.2 cm³/mol. The average molecular weight is 250 g/mol. The Balaban J connectivity index is 2.77. The van der Waals surface area contributed by atoms with E-state index in [2.05, 4.69) is 10.3 Å². The summed E-state index contributed by atoms with van der Waals surface area (Å²) in [6, 6.07) is 3.35. The molecule has 96 valence electrons. The number of nitro groups is 1. The van der Waals surface area contributed by atoms with Gasteiger partial charge < -0.3 is 10.1 Å². The van der Waals surface area contributed by atoms with Gasteiger partial charge in [0.05, 0.1) is 4.92 Å². The van der Waals surface area contributed by atoms with E-state index >= 15 is 0 Å². The Morgan fingerprint density at radius 3 is 2.94 bits per heavy atom. The van der Waals surface area contributed by atoms with E-state index < -0.39 is 4.92 Å². The van der Waals surface area contributed by atoms with E-state index in [-0.39, 0.29) is 23.7 Å². The Hall–Kier alpha value is -2.20. The van der Waals surface area contributed by atoms with Crippen molar-refractivity contribution in [2.24, 2.45) is 0 Å². The van der Waals surface area contributed by atoms with E-state index in [9.17, 15) is 10.1 Å². The summed E-state index contributed by atoms with van der Waals surface area (Å²) < 4.78 is 5.22. The van der Waals surface area contributed by atoms with Gasteiger partial charge in [-0.15, -0.1) is 0 Å². The molecule has 0 radical (unpaired) electrons. The highest BCUT2D eigenvalue weighted by Crippen LogP contribution is 2.27. The van der Waals surface area contributed by atoms with Gasteiger partial charge in [-0.1, -0.05) is 13.8 Å². The fourth-order valence-electron chi connectivity index (χ4n) is 1.30. The van der Waals surface area contributed by atoms with Gasteiger partial charge in [-0.25, -0.2) is 4.98 Å². The van der Waals surface area contributed by atoms with Crippen LogP contribution in [0.25, 0.3) is 0 Å². The maximum Gasteiger partial charge on any atom is 0.348 e. The summed E-state index contributed by atoms with van der Waals surface area (Å²) >= 11 is 0. The number of rotatable bonds is 6. The second-order valence-corrected chi connectivity index (χ2v) is 3.84. The summed E-state index contributed by atoms with van der Waals surface area (Å²) in [4.78, 5) is 14.0. The molecule has 0 aliphatic carbocycles. The van der Waals surface area contributed by atoms with E-state index in [1.807, 2.05) is 13.8 Å². The molecule has 1 rings (SSSR count). The largest absolute Gasteiger partial charge is 0.471 e. The molecule has 0 spiro atoms. The van der Waals surface area contributed by atoms with Crippen LogP contribution in [0.3, 0.4) is 0 Å². The molecule has 0 aromatic carbocycles. The first-order chi connectivity index (χ1) is 8.56. The van der Waals surface area contributed by atoms with Gasteiger partial charge in [0.25, 0.3) is 5.88 Å². The van der Waals surface area contributed by atoms with Crippen molar-refractivity contribution >= 4 is 5.69 Å². The van der Waals surface area contributed by atoms with Crippen LogP contribution in [0.5, 0.6) is 5.88 Å². The van der Waals surface area contributed by atoms with Gasteiger partial charge in [0, 0.05) is 18.8 Å². The lowest BCUT2D eigenvalue weighted by Gasteiger charge is -2.09. The number of nitrogens with one attached hydrogen (secondary N) is 1. The third-order valence-corrected chi connectivity index (χ3v) is 2.09. The second kappa shape index (κ2) is 6.51. The molecule has 0 saturated carbocycles. The van der Waals surface area contributed by atoms with Crippen LogP contribution < -0.4 is 10.1 Å². The highest BCUT2D eigenvalue weighted by molar-refractivity contribution is 5.54. The molecule has 0 atom stereocenters. The molecule has 7 nitrogen and oxygen atoms in total. The third kappa shape index (κ3) is 3.68. The van der Waals surface area contributed by atoms with Gasteiger partial charge in [0.2, 0.25) is 0 Å². The zero-order chi connectivity index (χ0) is 13.5. The fourth-order valence-corrected chi connectivity index (χ4v) is 1.30. The summed E-state index contributed by atoms with van der Waals surface area (Å²) in [6.45, 7) is 4.77. The normalized spacial score (nSPS) is 10.1. The molecule has 0 bridgehead atoms. The molecule has 0 aliphatic heterocycles. The maximum atomic E-state index is 10.9. The topological polar surface area (TPSA) is 101 Å². The van der Waals surface area contributed by atoms with Crippen LogP contribution in [0.4, 0.5) is 5.69 Å². The standard InChI is InChI=1S/C11H14N4O3/c1-8(2)13-5-6-18-11-10(15(16)17)9(7-12)3-4-14-11/h3-4,8,13H,5-6H2,1-2H3. The van der Waals surface area contributed by atoms with Crippen LogP contribution in [-0.2, 0) is 0 Å². The van der Waals surface area contributed by atoms with Gasteiger partial charge in [-0.05, 0) is 6.07 Å². The van der Waals surface area contributed by atoms with Gasteiger partial charge >= 0.3 is 5.69 Å². The summed E-state index contributed by atoms with van der Waals surface area (Å²) in [7, 11) is 0. The molecule has 1 aromatic rings. The molecular weight excluding hydrogens is 236 g/mol. The van der Waals surface area contributed by atoms with Gasteiger partial charge in [0.15, 0.2) is 0 Å². The molecule has 0 amide bonds. The van der Waals surface area contributed by atoms with Crippen LogP contribution in [0.15, 0.2) is 12.3 Å². The molecular formula is C11H14N4O3. The van der Waals surface area contributed by atoms with E-state index in [1.54, 1.807) is 6.07 Å². The number of hydrogen-bond donors (Lipinski definition) is 1. The molecule has 18 heavy (non-hydrogen) atoms. The van der Waals surface area contributed by atoms with Crippen LogP contribution in [0.1, 0.15) is 19.4 Å². The van der Waals surface area contributed by atoms with Crippen molar-refractivity contribution < 1.29 is 9.66 Å². The van der Waals surface area contributed by atoms with Crippen molar-refractivity contribution in [1.29, 1.82) is 5.26 Å². The van der Waals surface area contributed by atoms with Gasteiger partial charge in [-0.3, -0.25) is 10.1 Å². The zero-order valence-corrected chi connectivity index (χ0v) is 10.2. The SMILES string of the molecule is CC(C)NCCOc1nccc(C#N)c1[N+](=O)[O-]. The number of nitrogens with zero attached hydrogens (tertiary/aromatic N) is 3. The number of hydrogen-bond acceptors (Lipinski definition) is 6. The first kappa shape index (κ1) is 13.9. The van der Waals surface area contributed by atoms with Crippen LogP contribution in [-0.4, -0.2) is 29.1 Å². The number of nitriles is 1. The first-order valence-electron chi connectivity index (χ1n) is 5.46. The summed E-state index contributed by atoms with van der Waals surface area (Å²) in [5.41, 5.74) is -0.439. The minimum Gasteiger partial charge on any atom is -0.471 e. The summed E-state index contributed by atoms with van der Waals surface area (Å²) in [5.74, 6) is -0.121. The average Bonchev–Trinajstić information content (AvgIpc) is 2.33. The lowest BCUT2D eigenvalue weighted by atomic mass is 10.2. The maximum absolute atomic E-state index is 10.9. The highest BCUT2D eigenvalue weighted by Gasteiger charge is 2.22. The van der Waals surface area contributed by atoms with Gasteiger partial charge in [-0.2, -0.15) is 5.26 Å². The molecule has 7 heteroatoms. The van der Waals surface area contributed by atoms with E-state index in [0.717, 1.165) is 0 Å². The fraction of sp³-hybridized carbons (Fsp3) is 0.455. The number of pyridine rings is 1. The Labute approximate surface area is 105 Å². The van der Waals surface area contributed by atoms with Crippen molar-refractivity contribution in [2.75, 3.05) is 13.2 Å². The van der Waals surface area contributed by atoms with Crippen LogP contribution in [0.2, 0.25) is 0 Å². The monoisotopic (exact) mass is 250 g/mol. The lowest BCUT2D eigenvalue weighted by Crippen LogP contribution is -2.27. The minimum atomic E-state index is -0.656. The lowest BCUT2D eigenvalue weighted by molar-refractivity contribution is -0.386. The molecule has 1 N–H and O–H groups in total. The zero-order valence-electron chi connectivity index (χ0n) is 10.2. The molecule has 1 aromatic heterocycles. The van der Waals surface area contributed by atoms with Crippen molar-refractivity contribution in [3.63, 3.8) is 0 Å².